The standard InChI is InChI=1S/C17H32N4O5S/c1-9(2)8-12(18)15(23)21-13(6-7-27-5)16(24)19-10(3)14(22)20-11(4)17(25)26/h9-13H,6-8,18H2,1-5H3,(H,19,24)(H,20,22)(H,21,23)(H,25,26). The summed E-state index contributed by atoms with van der Waals surface area (Å²) >= 11 is 1.52. The van der Waals surface area contributed by atoms with Gasteiger partial charge in [-0.25, -0.2) is 0 Å². The maximum atomic E-state index is 12.5. The normalized spacial score (nSPS) is 15.4. The lowest BCUT2D eigenvalue weighted by Gasteiger charge is -2.23. The summed E-state index contributed by atoms with van der Waals surface area (Å²) in [5.74, 6) is -1.85. The summed E-state index contributed by atoms with van der Waals surface area (Å²) in [6.45, 7) is 6.67. The Labute approximate surface area is 164 Å². The van der Waals surface area contributed by atoms with Gasteiger partial charge in [0.15, 0.2) is 0 Å². The molecule has 3 amide bonds. The monoisotopic (exact) mass is 404 g/mol. The van der Waals surface area contributed by atoms with Crippen molar-refractivity contribution >= 4 is 35.5 Å². The number of hydrogen-bond acceptors (Lipinski definition) is 6. The van der Waals surface area contributed by atoms with Crippen molar-refractivity contribution in [1.82, 2.24) is 16.0 Å². The second kappa shape index (κ2) is 12.6. The molecule has 0 heterocycles. The molecule has 0 aromatic carbocycles. The van der Waals surface area contributed by atoms with Crippen LogP contribution in [0, 0.1) is 5.92 Å². The lowest BCUT2D eigenvalue weighted by atomic mass is 10.0. The van der Waals surface area contributed by atoms with Crippen LogP contribution in [0.1, 0.15) is 40.5 Å². The number of carbonyl (C=O) groups excluding carboxylic acids is 3. The van der Waals surface area contributed by atoms with Crippen molar-refractivity contribution in [2.45, 2.75) is 64.7 Å². The largest absolute Gasteiger partial charge is 0.480 e. The zero-order chi connectivity index (χ0) is 21.1. The van der Waals surface area contributed by atoms with Crippen molar-refractivity contribution in [3.63, 3.8) is 0 Å². The lowest BCUT2D eigenvalue weighted by molar-refractivity contribution is -0.141. The van der Waals surface area contributed by atoms with E-state index in [4.69, 9.17) is 10.8 Å². The molecule has 0 aromatic rings. The molecule has 0 radical (unpaired) electrons. The number of aliphatic carboxylic acids is 1. The van der Waals surface area contributed by atoms with E-state index in [9.17, 15) is 19.2 Å². The van der Waals surface area contributed by atoms with Crippen LogP contribution in [0.3, 0.4) is 0 Å². The van der Waals surface area contributed by atoms with Gasteiger partial charge in [0.25, 0.3) is 0 Å². The molecule has 0 bridgehead atoms. The summed E-state index contributed by atoms with van der Waals surface area (Å²) in [5, 5.41) is 16.3. The van der Waals surface area contributed by atoms with E-state index in [1.807, 2.05) is 20.1 Å². The zero-order valence-electron chi connectivity index (χ0n) is 16.6. The molecule has 0 saturated carbocycles. The first-order valence-corrected chi connectivity index (χ1v) is 10.3. The highest BCUT2D eigenvalue weighted by atomic mass is 32.2. The van der Waals surface area contributed by atoms with Gasteiger partial charge in [-0.3, -0.25) is 19.2 Å². The number of carbonyl (C=O) groups is 4. The van der Waals surface area contributed by atoms with Crippen LogP contribution in [-0.2, 0) is 19.2 Å². The Balaban J connectivity index is 4.87. The average Bonchev–Trinajstić information content (AvgIpc) is 2.57. The van der Waals surface area contributed by atoms with E-state index in [-0.39, 0.29) is 5.92 Å². The second-order valence-corrected chi connectivity index (χ2v) is 7.86. The van der Waals surface area contributed by atoms with Gasteiger partial charge in [-0.1, -0.05) is 13.8 Å². The molecule has 0 spiro atoms. The third-order valence-corrected chi connectivity index (χ3v) is 4.43. The molecule has 10 heteroatoms. The van der Waals surface area contributed by atoms with Crippen LogP contribution < -0.4 is 21.7 Å². The van der Waals surface area contributed by atoms with Crippen molar-refractivity contribution in [2.75, 3.05) is 12.0 Å². The molecule has 9 nitrogen and oxygen atoms in total. The zero-order valence-corrected chi connectivity index (χ0v) is 17.4. The first-order valence-electron chi connectivity index (χ1n) is 8.88. The van der Waals surface area contributed by atoms with Gasteiger partial charge in [0.1, 0.15) is 18.1 Å². The van der Waals surface area contributed by atoms with Crippen LogP contribution in [0.4, 0.5) is 0 Å². The molecule has 0 aromatic heterocycles. The number of thioether (sulfide) groups is 1. The number of amides is 3. The topological polar surface area (TPSA) is 151 Å². The molecule has 4 unspecified atom stereocenters. The highest BCUT2D eigenvalue weighted by molar-refractivity contribution is 7.98. The van der Waals surface area contributed by atoms with Crippen molar-refractivity contribution < 1.29 is 24.3 Å². The first kappa shape index (κ1) is 25.2. The van der Waals surface area contributed by atoms with E-state index in [2.05, 4.69) is 16.0 Å². The van der Waals surface area contributed by atoms with Gasteiger partial charge in [-0.15, -0.1) is 0 Å². The molecular formula is C17H32N4O5S. The Kier molecular flexibility index (Phi) is 11.7. The predicted octanol–water partition coefficient (Wildman–Crippen LogP) is -0.308. The summed E-state index contributed by atoms with van der Waals surface area (Å²) in [6, 6.07) is -3.56. The van der Waals surface area contributed by atoms with E-state index in [1.165, 1.54) is 25.6 Å². The molecule has 0 saturated heterocycles. The van der Waals surface area contributed by atoms with Gasteiger partial charge < -0.3 is 26.8 Å². The Bertz CT molecular complexity index is 529. The minimum atomic E-state index is -1.17. The quantitative estimate of drug-likeness (QED) is 0.299. The van der Waals surface area contributed by atoms with Gasteiger partial charge in [0.05, 0.1) is 6.04 Å². The molecule has 0 aliphatic rings. The van der Waals surface area contributed by atoms with E-state index >= 15 is 0 Å². The van der Waals surface area contributed by atoms with E-state index in [0.717, 1.165) is 0 Å². The highest BCUT2D eigenvalue weighted by Crippen LogP contribution is 2.06. The smallest absolute Gasteiger partial charge is 0.325 e. The molecular weight excluding hydrogens is 372 g/mol. The van der Waals surface area contributed by atoms with E-state index in [1.54, 1.807) is 0 Å². The fraction of sp³-hybridized carbons (Fsp3) is 0.765. The number of carboxylic acid groups (broad SMARTS) is 1. The van der Waals surface area contributed by atoms with E-state index in [0.29, 0.717) is 18.6 Å². The second-order valence-electron chi connectivity index (χ2n) is 6.88. The van der Waals surface area contributed by atoms with Crippen molar-refractivity contribution in [1.29, 1.82) is 0 Å². The Hall–Kier alpha value is -1.81. The molecule has 0 aliphatic carbocycles. The summed E-state index contributed by atoms with van der Waals surface area (Å²) in [6.07, 6.45) is 2.76. The number of carboxylic acids is 1. The first-order chi connectivity index (χ1) is 12.5. The Morgan fingerprint density at radius 2 is 1.48 bits per heavy atom. The molecule has 0 aliphatic heterocycles. The Morgan fingerprint density at radius 1 is 0.926 bits per heavy atom. The van der Waals surface area contributed by atoms with Gasteiger partial charge in [-0.05, 0) is 44.6 Å². The number of hydrogen-bond donors (Lipinski definition) is 5. The Morgan fingerprint density at radius 3 is 1.96 bits per heavy atom. The molecule has 4 atom stereocenters. The number of nitrogens with two attached hydrogens (primary N) is 1. The number of nitrogens with one attached hydrogen (secondary N) is 3. The summed E-state index contributed by atoms with van der Waals surface area (Å²) in [5.41, 5.74) is 5.86. The average molecular weight is 405 g/mol. The highest BCUT2D eigenvalue weighted by Gasteiger charge is 2.27. The molecule has 6 N–H and O–H groups in total. The van der Waals surface area contributed by atoms with Gasteiger partial charge >= 0.3 is 5.97 Å². The number of rotatable bonds is 12. The van der Waals surface area contributed by atoms with Gasteiger partial charge in [0, 0.05) is 0 Å². The van der Waals surface area contributed by atoms with Gasteiger partial charge in [-0.2, -0.15) is 11.8 Å². The van der Waals surface area contributed by atoms with Crippen LogP contribution in [0.2, 0.25) is 0 Å². The minimum absolute atomic E-state index is 0.240. The van der Waals surface area contributed by atoms with E-state index < -0.39 is 47.9 Å². The van der Waals surface area contributed by atoms with Crippen LogP contribution >= 0.6 is 11.8 Å². The fourth-order valence-electron chi connectivity index (χ4n) is 2.18. The minimum Gasteiger partial charge on any atom is -0.480 e. The third kappa shape index (κ3) is 10.2. The SMILES string of the molecule is CSCCC(NC(=O)C(N)CC(C)C)C(=O)NC(C)C(=O)NC(C)C(=O)O. The molecule has 0 fully saturated rings. The fourth-order valence-corrected chi connectivity index (χ4v) is 2.65. The maximum Gasteiger partial charge on any atom is 0.325 e. The van der Waals surface area contributed by atoms with Crippen LogP contribution in [0.25, 0.3) is 0 Å². The molecule has 156 valence electrons. The summed E-state index contributed by atoms with van der Waals surface area (Å²) < 4.78 is 0. The predicted molar refractivity (Wildman–Crippen MR) is 105 cm³/mol. The van der Waals surface area contributed by atoms with Crippen molar-refractivity contribution in [3.8, 4) is 0 Å². The van der Waals surface area contributed by atoms with Gasteiger partial charge in [0.2, 0.25) is 17.7 Å². The van der Waals surface area contributed by atoms with Crippen LogP contribution in [-0.4, -0.2) is 65.0 Å². The molecule has 27 heavy (non-hydrogen) atoms. The lowest BCUT2D eigenvalue weighted by Crippen LogP contribution is -2.56. The third-order valence-electron chi connectivity index (χ3n) is 3.79. The maximum absolute atomic E-state index is 12.5. The van der Waals surface area contributed by atoms with Crippen LogP contribution in [0.15, 0.2) is 0 Å². The van der Waals surface area contributed by atoms with Crippen LogP contribution in [0.5, 0.6) is 0 Å². The van der Waals surface area contributed by atoms with Crippen molar-refractivity contribution in [2.24, 2.45) is 11.7 Å². The molecule has 0 rings (SSSR count). The van der Waals surface area contributed by atoms with Crippen molar-refractivity contribution in [3.05, 3.63) is 0 Å². The summed E-state index contributed by atoms with van der Waals surface area (Å²) in [4.78, 5) is 47.5. The summed E-state index contributed by atoms with van der Waals surface area (Å²) in [7, 11) is 0.